The monoisotopic (exact) mass is 363 g/mol. The molecule has 1 aromatic carbocycles. The van der Waals surface area contributed by atoms with Crippen LogP contribution in [0.4, 0.5) is 5.82 Å². The maximum Gasteiger partial charge on any atom is 0.262 e. The van der Waals surface area contributed by atoms with Gasteiger partial charge in [0.2, 0.25) is 5.91 Å². The summed E-state index contributed by atoms with van der Waals surface area (Å²) in [5.74, 6) is -1.34. The first-order valence-electron chi connectivity index (χ1n) is 6.94. The van der Waals surface area contributed by atoms with E-state index in [0.29, 0.717) is 5.82 Å². The molecule has 8 heteroatoms. The Balaban J connectivity index is 1.78. The van der Waals surface area contributed by atoms with E-state index in [1.54, 1.807) is 18.3 Å². The molecule has 0 fully saturated rings. The predicted octanol–water partition coefficient (Wildman–Crippen LogP) is 2.93. The van der Waals surface area contributed by atoms with Crippen molar-refractivity contribution < 1.29 is 14.4 Å². The first-order chi connectivity index (χ1) is 11.4. The summed E-state index contributed by atoms with van der Waals surface area (Å²) in [7, 11) is 0. The standard InChI is InChI=1S/C16H11Cl2N3O3/c1-8-2-3-19-13(4-8)20-14(22)7-21-15(23)9-5-11(17)12(18)6-10(9)16(21)24/h2-6H,7H2,1H3,(H,19,20,22). The lowest BCUT2D eigenvalue weighted by Gasteiger charge is -2.13. The fourth-order valence-electron chi connectivity index (χ4n) is 2.36. The molecule has 24 heavy (non-hydrogen) atoms. The first kappa shape index (κ1) is 16.4. The minimum atomic E-state index is -0.582. The van der Waals surface area contributed by atoms with Gasteiger partial charge >= 0.3 is 0 Å². The first-order valence-corrected chi connectivity index (χ1v) is 7.70. The van der Waals surface area contributed by atoms with Gasteiger partial charge in [0.05, 0.1) is 21.2 Å². The summed E-state index contributed by atoms with van der Waals surface area (Å²) < 4.78 is 0. The lowest BCUT2D eigenvalue weighted by atomic mass is 10.1. The normalized spacial score (nSPS) is 13.2. The summed E-state index contributed by atoms with van der Waals surface area (Å²) in [6, 6.07) is 6.13. The van der Waals surface area contributed by atoms with E-state index in [1.165, 1.54) is 12.1 Å². The Hall–Kier alpha value is -2.44. The third-order valence-corrected chi connectivity index (χ3v) is 4.22. The Morgan fingerprint density at radius 1 is 1.12 bits per heavy atom. The van der Waals surface area contributed by atoms with Crippen molar-refractivity contribution in [3.8, 4) is 0 Å². The van der Waals surface area contributed by atoms with E-state index in [9.17, 15) is 14.4 Å². The highest BCUT2D eigenvalue weighted by Gasteiger charge is 2.37. The number of benzene rings is 1. The fourth-order valence-corrected chi connectivity index (χ4v) is 2.69. The highest BCUT2D eigenvalue weighted by Crippen LogP contribution is 2.31. The van der Waals surface area contributed by atoms with Crippen LogP contribution in [-0.4, -0.2) is 34.2 Å². The van der Waals surface area contributed by atoms with Gasteiger partial charge in [0.25, 0.3) is 11.8 Å². The molecule has 3 rings (SSSR count). The van der Waals surface area contributed by atoms with E-state index in [0.717, 1.165) is 10.5 Å². The SMILES string of the molecule is Cc1ccnc(NC(=O)CN2C(=O)c3cc(Cl)c(Cl)cc3C2=O)c1. The fraction of sp³-hybridized carbons (Fsp3) is 0.125. The molecule has 122 valence electrons. The molecule has 1 aromatic heterocycles. The average molecular weight is 364 g/mol. The number of aryl methyl sites for hydroxylation is 1. The number of hydrogen-bond donors (Lipinski definition) is 1. The Kier molecular flexibility index (Phi) is 4.26. The van der Waals surface area contributed by atoms with Crippen molar-refractivity contribution in [3.63, 3.8) is 0 Å². The van der Waals surface area contributed by atoms with Crippen molar-refractivity contribution in [1.29, 1.82) is 0 Å². The molecule has 0 aliphatic carbocycles. The van der Waals surface area contributed by atoms with Gasteiger partial charge in [-0.15, -0.1) is 0 Å². The second kappa shape index (κ2) is 6.22. The number of anilines is 1. The molecule has 0 saturated carbocycles. The molecule has 1 aliphatic heterocycles. The van der Waals surface area contributed by atoms with Crippen molar-refractivity contribution in [3.05, 3.63) is 57.2 Å². The van der Waals surface area contributed by atoms with Crippen LogP contribution in [0.15, 0.2) is 30.5 Å². The van der Waals surface area contributed by atoms with Crippen molar-refractivity contribution in [1.82, 2.24) is 9.88 Å². The van der Waals surface area contributed by atoms with Crippen LogP contribution in [0.1, 0.15) is 26.3 Å². The van der Waals surface area contributed by atoms with E-state index in [-0.39, 0.29) is 21.2 Å². The Morgan fingerprint density at radius 2 is 1.71 bits per heavy atom. The van der Waals surface area contributed by atoms with Gasteiger partial charge in [0.15, 0.2) is 0 Å². The highest BCUT2D eigenvalue weighted by atomic mass is 35.5. The molecule has 3 amide bonds. The molecule has 0 radical (unpaired) electrons. The zero-order valence-corrected chi connectivity index (χ0v) is 14.0. The number of aromatic nitrogens is 1. The summed E-state index contributed by atoms with van der Waals surface area (Å²) in [5, 5.41) is 2.90. The van der Waals surface area contributed by atoms with Gasteiger partial charge in [0.1, 0.15) is 12.4 Å². The molecule has 0 atom stereocenters. The summed E-state index contributed by atoms with van der Waals surface area (Å²) >= 11 is 11.8. The van der Waals surface area contributed by atoms with Gasteiger partial charge in [-0.3, -0.25) is 19.3 Å². The maximum atomic E-state index is 12.3. The number of pyridine rings is 1. The number of imide groups is 1. The minimum absolute atomic E-state index is 0.135. The van der Waals surface area contributed by atoms with E-state index < -0.39 is 24.3 Å². The third-order valence-electron chi connectivity index (χ3n) is 3.50. The van der Waals surface area contributed by atoms with Gasteiger partial charge in [-0.1, -0.05) is 23.2 Å². The second-order valence-electron chi connectivity index (χ2n) is 5.27. The number of fused-ring (bicyclic) bond motifs is 1. The van der Waals surface area contributed by atoms with Crippen LogP contribution in [-0.2, 0) is 4.79 Å². The van der Waals surface area contributed by atoms with Gasteiger partial charge in [-0.2, -0.15) is 0 Å². The summed E-state index contributed by atoms with van der Waals surface area (Å²) in [6.07, 6.45) is 1.55. The van der Waals surface area contributed by atoms with E-state index in [1.807, 2.05) is 6.92 Å². The summed E-state index contributed by atoms with van der Waals surface area (Å²) in [6.45, 7) is 1.44. The average Bonchev–Trinajstić information content (AvgIpc) is 2.73. The van der Waals surface area contributed by atoms with E-state index in [4.69, 9.17) is 23.2 Å². The molecule has 0 unspecified atom stereocenters. The van der Waals surface area contributed by atoms with Crippen LogP contribution >= 0.6 is 23.2 Å². The Bertz CT molecular complexity index is 842. The molecule has 2 heterocycles. The van der Waals surface area contributed by atoms with Gasteiger partial charge < -0.3 is 5.32 Å². The number of hydrogen-bond acceptors (Lipinski definition) is 4. The lowest BCUT2D eigenvalue weighted by molar-refractivity contribution is -0.116. The van der Waals surface area contributed by atoms with Crippen LogP contribution in [0, 0.1) is 6.92 Å². The Morgan fingerprint density at radius 3 is 2.25 bits per heavy atom. The number of nitrogens with zero attached hydrogens (tertiary/aromatic N) is 2. The largest absolute Gasteiger partial charge is 0.309 e. The topological polar surface area (TPSA) is 79.4 Å². The van der Waals surface area contributed by atoms with Gasteiger partial charge in [-0.05, 0) is 36.8 Å². The number of nitrogens with one attached hydrogen (secondary N) is 1. The molecule has 0 spiro atoms. The van der Waals surface area contributed by atoms with Crippen molar-refractivity contribution in [2.45, 2.75) is 6.92 Å². The highest BCUT2D eigenvalue weighted by molar-refractivity contribution is 6.43. The van der Waals surface area contributed by atoms with Crippen LogP contribution in [0.3, 0.4) is 0 Å². The minimum Gasteiger partial charge on any atom is -0.309 e. The van der Waals surface area contributed by atoms with E-state index in [2.05, 4.69) is 10.3 Å². The van der Waals surface area contributed by atoms with Crippen LogP contribution in [0.25, 0.3) is 0 Å². The summed E-state index contributed by atoms with van der Waals surface area (Å²) in [5.41, 5.74) is 1.19. The van der Waals surface area contributed by atoms with Crippen molar-refractivity contribution >= 4 is 46.7 Å². The van der Waals surface area contributed by atoms with Crippen molar-refractivity contribution in [2.24, 2.45) is 0 Å². The number of halogens is 2. The zero-order chi connectivity index (χ0) is 17.4. The number of rotatable bonds is 3. The van der Waals surface area contributed by atoms with E-state index >= 15 is 0 Å². The molecular weight excluding hydrogens is 353 g/mol. The van der Waals surface area contributed by atoms with Crippen LogP contribution < -0.4 is 5.32 Å². The molecular formula is C16H11Cl2N3O3. The van der Waals surface area contributed by atoms with Crippen molar-refractivity contribution in [2.75, 3.05) is 11.9 Å². The smallest absolute Gasteiger partial charge is 0.262 e. The number of carbonyl (C=O) groups is 3. The molecule has 2 aromatic rings. The molecule has 0 bridgehead atoms. The zero-order valence-electron chi connectivity index (χ0n) is 12.5. The quantitative estimate of drug-likeness (QED) is 0.850. The second-order valence-corrected chi connectivity index (χ2v) is 6.09. The van der Waals surface area contributed by atoms with Crippen LogP contribution in [0.5, 0.6) is 0 Å². The van der Waals surface area contributed by atoms with Gasteiger partial charge in [0, 0.05) is 6.20 Å². The molecule has 0 saturated heterocycles. The third kappa shape index (κ3) is 2.98. The van der Waals surface area contributed by atoms with Crippen LogP contribution in [0.2, 0.25) is 10.0 Å². The maximum absolute atomic E-state index is 12.3. The Labute approximate surface area is 147 Å². The van der Waals surface area contributed by atoms with Gasteiger partial charge in [-0.25, -0.2) is 4.98 Å². The number of amides is 3. The molecule has 6 nitrogen and oxygen atoms in total. The lowest BCUT2D eigenvalue weighted by Crippen LogP contribution is -2.37. The molecule has 1 aliphatic rings. The summed E-state index contributed by atoms with van der Waals surface area (Å²) in [4.78, 5) is 41.6. The number of carbonyl (C=O) groups excluding carboxylic acids is 3. The molecule has 1 N–H and O–H groups in total. The predicted molar refractivity (Wildman–Crippen MR) is 89.4 cm³/mol.